The SMILES string of the molecule is CCCc1nc(C(=O)O)c(-c2ccc(C3CC3)cc2)s1. The molecule has 0 radical (unpaired) electrons. The van der Waals surface area contributed by atoms with Crippen molar-refractivity contribution in [2.75, 3.05) is 0 Å². The van der Waals surface area contributed by atoms with Crippen LogP contribution in [0.3, 0.4) is 0 Å². The first-order chi connectivity index (χ1) is 9.69. The van der Waals surface area contributed by atoms with Crippen molar-refractivity contribution in [1.82, 2.24) is 4.98 Å². The lowest BCUT2D eigenvalue weighted by atomic mass is 10.1. The summed E-state index contributed by atoms with van der Waals surface area (Å²) in [5.74, 6) is -0.218. The van der Waals surface area contributed by atoms with Crippen LogP contribution in [0.5, 0.6) is 0 Å². The van der Waals surface area contributed by atoms with Gasteiger partial charge in [-0.05, 0) is 42.7 Å². The van der Waals surface area contributed by atoms with Crippen molar-refractivity contribution in [2.45, 2.75) is 38.5 Å². The highest BCUT2D eigenvalue weighted by atomic mass is 32.1. The van der Waals surface area contributed by atoms with E-state index in [0.717, 1.165) is 34.2 Å². The highest BCUT2D eigenvalue weighted by Gasteiger charge is 2.24. The second-order valence-corrected chi connectivity index (χ2v) is 6.32. The fraction of sp³-hybridized carbons (Fsp3) is 0.375. The predicted molar refractivity (Wildman–Crippen MR) is 80.5 cm³/mol. The molecule has 0 amide bonds. The van der Waals surface area contributed by atoms with Crippen LogP contribution < -0.4 is 0 Å². The maximum absolute atomic E-state index is 11.3. The first-order valence-corrected chi connectivity index (χ1v) is 7.84. The van der Waals surface area contributed by atoms with Gasteiger partial charge >= 0.3 is 5.97 Å². The number of nitrogens with zero attached hydrogens (tertiary/aromatic N) is 1. The first-order valence-electron chi connectivity index (χ1n) is 7.02. The number of aromatic nitrogens is 1. The topological polar surface area (TPSA) is 50.2 Å². The fourth-order valence-electron chi connectivity index (χ4n) is 2.35. The minimum atomic E-state index is -0.940. The van der Waals surface area contributed by atoms with Gasteiger partial charge in [0, 0.05) is 0 Å². The molecule has 20 heavy (non-hydrogen) atoms. The Balaban J connectivity index is 1.96. The van der Waals surface area contributed by atoms with Crippen LogP contribution in [0, 0.1) is 0 Å². The van der Waals surface area contributed by atoms with Gasteiger partial charge < -0.3 is 5.11 Å². The maximum atomic E-state index is 11.3. The van der Waals surface area contributed by atoms with Crippen LogP contribution in [0.4, 0.5) is 0 Å². The second-order valence-electron chi connectivity index (χ2n) is 5.24. The second kappa shape index (κ2) is 5.37. The molecule has 0 bridgehead atoms. The molecular formula is C16H17NO2S. The Morgan fingerprint density at radius 1 is 1.35 bits per heavy atom. The number of benzene rings is 1. The molecule has 1 fully saturated rings. The van der Waals surface area contributed by atoms with Gasteiger partial charge in [-0.2, -0.15) is 0 Å². The summed E-state index contributed by atoms with van der Waals surface area (Å²) in [5, 5.41) is 10.2. The number of carboxylic acid groups (broad SMARTS) is 1. The molecule has 1 N–H and O–H groups in total. The molecule has 0 unspecified atom stereocenters. The van der Waals surface area contributed by atoms with E-state index < -0.39 is 5.97 Å². The average Bonchev–Trinajstić information content (AvgIpc) is 3.20. The number of rotatable bonds is 5. The number of hydrogen-bond donors (Lipinski definition) is 1. The third-order valence-corrected chi connectivity index (χ3v) is 4.72. The Kier molecular flexibility index (Phi) is 3.57. The Morgan fingerprint density at radius 2 is 2.05 bits per heavy atom. The largest absolute Gasteiger partial charge is 0.476 e. The van der Waals surface area contributed by atoms with Gasteiger partial charge in [0.15, 0.2) is 5.69 Å². The summed E-state index contributed by atoms with van der Waals surface area (Å²) in [6.45, 7) is 2.08. The first kappa shape index (κ1) is 13.3. The van der Waals surface area contributed by atoms with Gasteiger partial charge in [-0.3, -0.25) is 0 Å². The van der Waals surface area contributed by atoms with Crippen LogP contribution in [0.15, 0.2) is 24.3 Å². The van der Waals surface area contributed by atoms with Crippen molar-refractivity contribution in [1.29, 1.82) is 0 Å². The number of carboxylic acids is 1. The normalized spacial score (nSPS) is 14.4. The van der Waals surface area contributed by atoms with Crippen molar-refractivity contribution >= 4 is 17.3 Å². The van der Waals surface area contributed by atoms with E-state index in [0.29, 0.717) is 0 Å². The molecule has 0 saturated heterocycles. The minimum absolute atomic E-state index is 0.192. The van der Waals surface area contributed by atoms with Crippen molar-refractivity contribution in [3.05, 3.63) is 40.5 Å². The summed E-state index contributed by atoms with van der Waals surface area (Å²) in [6, 6.07) is 8.31. The molecule has 1 aliphatic carbocycles. The molecule has 1 aromatic heterocycles. The van der Waals surface area contributed by atoms with E-state index in [2.05, 4.69) is 24.0 Å². The van der Waals surface area contributed by atoms with E-state index in [1.807, 2.05) is 12.1 Å². The standard InChI is InChI=1S/C16H17NO2S/c1-2-3-13-17-14(16(18)19)15(20-13)12-8-6-11(7-9-12)10-4-5-10/h6-10H,2-5H2,1H3,(H,18,19). The van der Waals surface area contributed by atoms with Crippen LogP contribution in [0.1, 0.15) is 53.2 Å². The third-order valence-electron chi connectivity index (χ3n) is 3.56. The highest BCUT2D eigenvalue weighted by Crippen LogP contribution is 2.41. The van der Waals surface area contributed by atoms with E-state index in [-0.39, 0.29) is 5.69 Å². The number of aromatic carboxylic acids is 1. The number of hydrogen-bond acceptors (Lipinski definition) is 3. The summed E-state index contributed by atoms with van der Waals surface area (Å²) in [4.78, 5) is 16.4. The maximum Gasteiger partial charge on any atom is 0.356 e. The van der Waals surface area contributed by atoms with Gasteiger partial charge in [0.1, 0.15) is 0 Å². The molecule has 0 atom stereocenters. The summed E-state index contributed by atoms with van der Waals surface area (Å²) in [5.41, 5.74) is 2.52. The molecule has 0 spiro atoms. The lowest BCUT2D eigenvalue weighted by Gasteiger charge is -2.01. The van der Waals surface area contributed by atoms with Crippen molar-refractivity contribution in [2.24, 2.45) is 0 Å². The molecule has 1 heterocycles. The molecule has 1 aliphatic rings. The van der Waals surface area contributed by atoms with Crippen LogP contribution in [0.25, 0.3) is 10.4 Å². The van der Waals surface area contributed by atoms with Gasteiger partial charge in [-0.25, -0.2) is 9.78 Å². The molecule has 3 rings (SSSR count). The van der Waals surface area contributed by atoms with Gasteiger partial charge in [-0.15, -0.1) is 11.3 Å². The Hall–Kier alpha value is -1.68. The van der Waals surface area contributed by atoms with Crippen molar-refractivity contribution in [3.8, 4) is 10.4 Å². The Labute approximate surface area is 122 Å². The molecule has 4 heteroatoms. The summed E-state index contributed by atoms with van der Waals surface area (Å²) >= 11 is 1.50. The zero-order valence-corrected chi connectivity index (χ0v) is 12.2. The van der Waals surface area contributed by atoms with Crippen LogP contribution >= 0.6 is 11.3 Å². The van der Waals surface area contributed by atoms with Crippen LogP contribution in [-0.2, 0) is 6.42 Å². The fourth-order valence-corrected chi connectivity index (χ4v) is 3.51. The van der Waals surface area contributed by atoms with Gasteiger partial charge in [-0.1, -0.05) is 31.2 Å². The van der Waals surface area contributed by atoms with E-state index in [9.17, 15) is 9.90 Å². The van der Waals surface area contributed by atoms with Crippen LogP contribution in [-0.4, -0.2) is 16.1 Å². The molecule has 1 saturated carbocycles. The number of carbonyl (C=O) groups is 1. The Bertz CT molecular complexity index is 626. The smallest absolute Gasteiger partial charge is 0.356 e. The Morgan fingerprint density at radius 3 is 2.60 bits per heavy atom. The lowest BCUT2D eigenvalue weighted by Crippen LogP contribution is -1.99. The van der Waals surface area contributed by atoms with Gasteiger partial charge in [0.05, 0.1) is 9.88 Å². The van der Waals surface area contributed by atoms with E-state index in [4.69, 9.17) is 0 Å². The molecule has 1 aromatic carbocycles. The average molecular weight is 287 g/mol. The highest BCUT2D eigenvalue weighted by molar-refractivity contribution is 7.15. The molecule has 3 nitrogen and oxygen atoms in total. The van der Waals surface area contributed by atoms with Crippen molar-refractivity contribution < 1.29 is 9.90 Å². The van der Waals surface area contributed by atoms with E-state index in [1.54, 1.807) is 0 Å². The third kappa shape index (κ3) is 2.61. The summed E-state index contributed by atoms with van der Waals surface area (Å²) < 4.78 is 0. The molecular weight excluding hydrogens is 270 g/mol. The van der Waals surface area contributed by atoms with E-state index in [1.165, 1.54) is 29.7 Å². The van der Waals surface area contributed by atoms with Crippen LogP contribution in [0.2, 0.25) is 0 Å². The minimum Gasteiger partial charge on any atom is -0.476 e. The molecule has 2 aromatic rings. The van der Waals surface area contributed by atoms with E-state index >= 15 is 0 Å². The molecule has 104 valence electrons. The zero-order chi connectivity index (χ0) is 14.1. The quantitative estimate of drug-likeness (QED) is 0.890. The van der Waals surface area contributed by atoms with Crippen molar-refractivity contribution in [3.63, 3.8) is 0 Å². The van der Waals surface area contributed by atoms with Gasteiger partial charge in [0.25, 0.3) is 0 Å². The summed E-state index contributed by atoms with van der Waals surface area (Å²) in [6.07, 6.45) is 4.37. The lowest BCUT2D eigenvalue weighted by molar-refractivity contribution is 0.0692. The predicted octanol–water partition coefficient (Wildman–Crippen LogP) is 4.34. The summed E-state index contributed by atoms with van der Waals surface area (Å²) in [7, 11) is 0. The molecule has 0 aliphatic heterocycles. The van der Waals surface area contributed by atoms with Gasteiger partial charge in [0.2, 0.25) is 0 Å². The number of aryl methyl sites for hydroxylation is 1. The zero-order valence-electron chi connectivity index (χ0n) is 11.4. The number of thiazole rings is 1. The monoisotopic (exact) mass is 287 g/mol.